The summed E-state index contributed by atoms with van der Waals surface area (Å²) in [6.45, 7) is 7.08. The van der Waals surface area contributed by atoms with Gasteiger partial charge in [-0.15, -0.1) is 0 Å². The normalized spacial score (nSPS) is 32.4. The summed E-state index contributed by atoms with van der Waals surface area (Å²) in [4.78, 5) is 26.5. The van der Waals surface area contributed by atoms with Gasteiger partial charge in [0.15, 0.2) is 0 Å². The molecule has 0 aromatic carbocycles. The molecule has 5 heteroatoms. The first-order chi connectivity index (χ1) is 10.0. The number of hydrogen-bond donors (Lipinski definition) is 1. The van der Waals surface area contributed by atoms with Crippen molar-refractivity contribution in [1.29, 1.82) is 0 Å². The first-order valence-corrected chi connectivity index (χ1v) is 8.28. The van der Waals surface area contributed by atoms with E-state index in [1.54, 1.807) is 4.90 Å². The average molecular weight is 296 g/mol. The molecule has 2 aliphatic rings. The van der Waals surface area contributed by atoms with E-state index in [4.69, 9.17) is 4.74 Å². The maximum Gasteiger partial charge on any atom is 0.245 e. The zero-order valence-electron chi connectivity index (χ0n) is 13.5. The van der Waals surface area contributed by atoms with E-state index in [0.29, 0.717) is 25.5 Å². The van der Waals surface area contributed by atoms with Crippen LogP contribution < -0.4 is 5.32 Å². The van der Waals surface area contributed by atoms with Gasteiger partial charge in [-0.25, -0.2) is 0 Å². The Morgan fingerprint density at radius 2 is 1.95 bits per heavy atom. The minimum absolute atomic E-state index is 0.0266. The van der Waals surface area contributed by atoms with E-state index in [-0.39, 0.29) is 11.8 Å². The Hall–Kier alpha value is -1.10. The number of nitrogens with zero attached hydrogens (tertiary/aromatic N) is 1. The van der Waals surface area contributed by atoms with Gasteiger partial charge in [0, 0.05) is 13.0 Å². The lowest BCUT2D eigenvalue weighted by Gasteiger charge is -2.43. The van der Waals surface area contributed by atoms with Crippen molar-refractivity contribution in [3.63, 3.8) is 0 Å². The Balaban J connectivity index is 2.16. The highest BCUT2D eigenvalue weighted by Gasteiger charge is 2.52. The van der Waals surface area contributed by atoms with Crippen molar-refractivity contribution >= 4 is 11.8 Å². The van der Waals surface area contributed by atoms with Gasteiger partial charge in [0.1, 0.15) is 11.8 Å². The van der Waals surface area contributed by atoms with Crippen molar-refractivity contribution in [3.8, 4) is 0 Å². The standard InChI is InChI=1S/C16H28N2O3/c1-4-10-17-15(20)13-11-21-16(18(13)14(19)5-2)8-6-12(3)7-9-16/h12-13H,4-11H2,1-3H3,(H,17,20). The zero-order chi connectivity index (χ0) is 15.5. The Bertz CT molecular complexity index is 389. The predicted octanol–water partition coefficient (Wildman–Crippen LogP) is 2.06. The lowest BCUT2D eigenvalue weighted by molar-refractivity contribution is -0.161. The van der Waals surface area contributed by atoms with Gasteiger partial charge >= 0.3 is 0 Å². The fraction of sp³-hybridized carbons (Fsp3) is 0.875. The van der Waals surface area contributed by atoms with E-state index in [1.165, 1.54) is 0 Å². The van der Waals surface area contributed by atoms with Crippen LogP contribution in [0.4, 0.5) is 0 Å². The molecule has 1 N–H and O–H groups in total. The van der Waals surface area contributed by atoms with Gasteiger partial charge in [-0.2, -0.15) is 0 Å². The molecule has 2 amide bonds. The van der Waals surface area contributed by atoms with Gasteiger partial charge in [0.2, 0.25) is 11.8 Å². The van der Waals surface area contributed by atoms with E-state index in [1.807, 2.05) is 13.8 Å². The maximum absolute atomic E-state index is 12.4. The quantitative estimate of drug-likeness (QED) is 0.864. The molecule has 0 bridgehead atoms. The van der Waals surface area contributed by atoms with Gasteiger partial charge in [-0.1, -0.05) is 20.8 Å². The first kappa shape index (κ1) is 16.3. The van der Waals surface area contributed by atoms with Gasteiger partial charge in [-0.3, -0.25) is 14.5 Å². The minimum atomic E-state index is -0.534. The molecule has 2 fully saturated rings. The molecule has 120 valence electrons. The van der Waals surface area contributed by atoms with Crippen LogP contribution in [-0.2, 0) is 14.3 Å². The number of carbonyl (C=O) groups excluding carboxylic acids is 2. The highest BCUT2D eigenvalue weighted by molar-refractivity contribution is 5.88. The molecule has 0 aromatic rings. The Morgan fingerprint density at radius 1 is 1.29 bits per heavy atom. The first-order valence-electron chi connectivity index (χ1n) is 8.28. The summed E-state index contributed by atoms with van der Waals surface area (Å²) in [5, 5.41) is 2.90. The molecule has 1 spiro atoms. The summed E-state index contributed by atoms with van der Waals surface area (Å²) in [5.74, 6) is 0.624. The predicted molar refractivity (Wildman–Crippen MR) is 80.5 cm³/mol. The second-order valence-corrected chi connectivity index (χ2v) is 6.36. The summed E-state index contributed by atoms with van der Waals surface area (Å²) in [5.41, 5.74) is -0.534. The smallest absolute Gasteiger partial charge is 0.245 e. The van der Waals surface area contributed by atoms with Gasteiger partial charge < -0.3 is 10.1 Å². The summed E-state index contributed by atoms with van der Waals surface area (Å²) >= 11 is 0. The Kier molecular flexibility index (Phi) is 5.25. The van der Waals surface area contributed by atoms with E-state index >= 15 is 0 Å². The zero-order valence-corrected chi connectivity index (χ0v) is 13.5. The fourth-order valence-electron chi connectivity index (χ4n) is 3.39. The van der Waals surface area contributed by atoms with Crippen molar-refractivity contribution in [3.05, 3.63) is 0 Å². The molecule has 0 radical (unpaired) electrons. The molecule has 1 atom stereocenters. The number of carbonyl (C=O) groups is 2. The second-order valence-electron chi connectivity index (χ2n) is 6.36. The number of rotatable bonds is 4. The molecule has 1 aliphatic carbocycles. The highest BCUT2D eigenvalue weighted by atomic mass is 16.5. The van der Waals surface area contributed by atoms with Crippen molar-refractivity contribution < 1.29 is 14.3 Å². The van der Waals surface area contributed by atoms with Crippen LogP contribution in [0.25, 0.3) is 0 Å². The highest BCUT2D eigenvalue weighted by Crippen LogP contribution is 2.42. The second kappa shape index (κ2) is 6.77. The summed E-state index contributed by atoms with van der Waals surface area (Å²) in [6.07, 6.45) is 5.10. The largest absolute Gasteiger partial charge is 0.354 e. The number of ether oxygens (including phenoxy) is 1. The topological polar surface area (TPSA) is 58.6 Å². The van der Waals surface area contributed by atoms with E-state index in [0.717, 1.165) is 32.1 Å². The van der Waals surface area contributed by atoms with Crippen LogP contribution in [0, 0.1) is 5.92 Å². The van der Waals surface area contributed by atoms with E-state index in [9.17, 15) is 9.59 Å². The minimum Gasteiger partial charge on any atom is -0.354 e. The fourth-order valence-corrected chi connectivity index (χ4v) is 3.39. The van der Waals surface area contributed by atoms with Crippen LogP contribution >= 0.6 is 0 Å². The monoisotopic (exact) mass is 296 g/mol. The van der Waals surface area contributed by atoms with Gasteiger partial charge in [-0.05, 0) is 38.0 Å². The van der Waals surface area contributed by atoms with Crippen LogP contribution in [0.5, 0.6) is 0 Å². The molecular weight excluding hydrogens is 268 g/mol. The third-order valence-electron chi connectivity index (χ3n) is 4.74. The van der Waals surface area contributed by atoms with Gasteiger partial charge in [0.05, 0.1) is 6.61 Å². The van der Waals surface area contributed by atoms with Crippen LogP contribution in [0.3, 0.4) is 0 Å². The molecule has 1 saturated heterocycles. The molecule has 1 aliphatic heterocycles. The van der Waals surface area contributed by atoms with Crippen molar-refractivity contribution in [2.75, 3.05) is 13.2 Å². The van der Waals surface area contributed by atoms with Crippen LogP contribution in [0.15, 0.2) is 0 Å². The van der Waals surface area contributed by atoms with Crippen LogP contribution in [-0.4, -0.2) is 41.6 Å². The van der Waals surface area contributed by atoms with Gasteiger partial charge in [0.25, 0.3) is 0 Å². The SMILES string of the molecule is CCCNC(=O)C1COC2(CCC(C)CC2)N1C(=O)CC. The molecule has 1 heterocycles. The summed E-state index contributed by atoms with van der Waals surface area (Å²) < 4.78 is 6.02. The van der Waals surface area contributed by atoms with Crippen LogP contribution in [0.1, 0.15) is 59.3 Å². The third-order valence-corrected chi connectivity index (χ3v) is 4.74. The maximum atomic E-state index is 12.4. The third kappa shape index (κ3) is 3.23. The molecule has 1 saturated carbocycles. The van der Waals surface area contributed by atoms with Crippen molar-refractivity contribution in [1.82, 2.24) is 10.2 Å². The van der Waals surface area contributed by atoms with Crippen LogP contribution in [0.2, 0.25) is 0 Å². The lowest BCUT2D eigenvalue weighted by Crippen LogP contribution is -2.56. The summed E-state index contributed by atoms with van der Waals surface area (Å²) in [7, 11) is 0. The Labute approximate surface area is 127 Å². The molecular formula is C16H28N2O3. The number of amides is 2. The van der Waals surface area contributed by atoms with E-state index < -0.39 is 11.8 Å². The number of nitrogens with one attached hydrogen (secondary N) is 1. The lowest BCUT2D eigenvalue weighted by atomic mass is 9.83. The average Bonchev–Trinajstić information content (AvgIpc) is 2.86. The molecule has 0 aromatic heterocycles. The molecule has 2 rings (SSSR count). The Morgan fingerprint density at radius 3 is 2.52 bits per heavy atom. The molecule has 21 heavy (non-hydrogen) atoms. The van der Waals surface area contributed by atoms with E-state index in [2.05, 4.69) is 12.2 Å². The summed E-state index contributed by atoms with van der Waals surface area (Å²) in [6, 6.07) is -0.461. The molecule has 1 unspecified atom stereocenters. The van der Waals surface area contributed by atoms with Crippen molar-refractivity contribution in [2.45, 2.75) is 71.1 Å². The van der Waals surface area contributed by atoms with Crippen molar-refractivity contribution in [2.24, 2.45) is 5.92 Å². The molecule has 5 nitrogen and oxygen atoms in total. The number of hydrogen-bond acceptors (Lipinski definition) is 3.